The van der Waals surface area contributed by atoms with Gasteiger partial charge in [-0.25, -0.2) is 4.90 Å². The number of hydrogen-bond acceptors (Lipinski definition) is 6. The molecule has 1 aliphatic rings. The minimum atomic E-state index is -0.733. The van der Waals surface area contributed by atoms with Crippen LogP contribution < -0.4 is 15.0 Å². The Bertz CT molecular complexity index is 599. The highest BCUT2D eigenvalue weighted by Crippen LogP contribution is 2.25. The second kappa shape index (κ2) is 7.23. The van der Waals surface area contributed by atoms with Crippen LogP contribution >= 0.6 is 0 Å². The molecule has 124 valence electrons. The van der Waals surface area contributed by atoms with Gasteiger partial charge in [0.25, 0.3) is 5.91 Å². The van der Waals surface area contributed by atoms with E-state index in [1.807, 2.05) is 6.92 Å². The molecule has 1 N–H and O–H groups in total. The minimum absolute atomic E-state index is 0.00732. The SMILES string of the molecule is CCOc1ccc(N2C(=O)C[C@H](N[C@H](C)C(=O)OC)C2=O)cc1. The van der Waals surface area contributed by atoms with Crippen LogP contribution in [-0.4, -0.2) is 43.6 Å². The van der Waals surface area contributed by atoms with Crippen molar-refractivity contribution < 1.29 is 23.9 Å². The lowest BCUT2D eigenvalue weighted by Crippen LogP contribution is -2.46. The molecule has 1 fully saturated rings. The Kier molecular flexibility index (Phi) is 5.33. The molecule has 7 heteroatoms. The van der Waals surface area contributed by atoms with Crippen LogP contribution in [0.2, 0.25) is 0 Å². The number of amides is 2. The van der Waals surface area contributed by atoms with E-state index < -0.39 is 18.1 Å². The first-order chi connectivity index (χ1) is 11.0. The molecule has 0 unspecified atom stereocenters. The molecular formula is C16H20N2O5. The normalized spacial score (nSPS) is 18.9. The Morgan fingerprint density at radius 2 is 2.00 bits per heavy atom. The van der Waals surface area contributed by atoms with Crippen LogP contribution in [-0.2, 0) is 19.1 Å². The van der Waals surface area contributed by atoms with Gasteiger partial charge in [-0.1, -0.05) is 0 Å². The van der Waals surface area contributed by atoms with Crippen molar-refractivity contribution in [3.63, 3.8) is 0 Å². The van der Waals surface area contributed by atoms with Crippen molar-refractivity contribution in [2.75, 3.05) is 18.6 Å². The molecule has 0 bridgehead atoms. The molecule has 1 heterocycles. The van der Waals surface area contributed by atoms with E-state index in [2.05, 4.69) is 10.1 Å². The molecule has 0 aliphatic carbocycles. The maximum Gasteiger partial charge on any atom is 0.322 e. The maximum atomic E-state index is 12.4. The Labute approximate surface area is 134 Å². The Balaban J connectivity index is 2.10. The van der Waals surface area contributed by atoms with E-state index in [1.165, 1.54) is 7.11 Å². The molecule has 1 aromatic rings. The van der Waals surface area contributed by atoms with Crippen molar-refractivity contribution in [3.05, 3.63) is 24.3 Å². The van der Waals surface area contributed by atoms with Crippen LogP contribution in [0.25, 0.3) is 0 Å². The third-order valence-corrected chi connectivity index (χ3v) is 3.56. The van der Waals surface area contributed by atoms with Crippen molar-refractivity contribution in [2.45, 2.75) is 32.4 Å². The zero-order valence-electron chi connectivity index (χ0n) is 13.4. The highest BCUT2D eigenvalue weighted by molar-refractivity contribution is 6.22. The Hall–Kier alpha value is -2.41. The number of rotatable bonds is 6. The summed E-state index contributed by atoms with van der Waals surface area (Å²) in [5.74, 6) is -0.502. The summed E-state index contributed by atoms with van der Waals surface area (Å²) in [4.78, 5) is 37.1. The monoisotopic (exact) mass is 320 g/mol. The number of methoxy groups -OCH3 is 1. The van der Waals surface area contributed by atoms with Gasteiger partial charge >= 0.3 is 5.97 Å². The van der Waals surface area contributed by atoms with E-state index in [4.69, 9.17) is 4.74 Å². The fourth-order valence-electron chi connectivity index (χ4n) is 2.44. The number of ether oxygens (including phenoxy) is 2. The van der Waals surface area contributed by atoms with Crippen molar-refractivity contribution in [2.24, 2.45) is 0 Å². The van der Waals surface area contributed by atoms with Gasteiger partial charge in [0.15, 0.2) is 0 Å². The van der Waals surface area contributed by atoms with Crippen molar-refractivity contribution >= 4 is 23.5 Å². The van der Waals surface area contributed by atoms with Crippen LogP contribution in [0.5, 0.6) is 5.75 Å². The predicted octanol–water partition coefficient (Wildman–Crippen LogP) is 0.868. The molecule has 0 saturated carbocycles. The summed E-state index contributed by atoms with van der Waals surface area (Å²) in [6.45, 7) is 4.00. The molecular weight excluding hydrogens is 300 g/mol. The van der Waals surface area contributed by atoms with Gasteiger partial charge in [-0.05, 0) is 38.1 Å². The zero-order chi connectivity index (χ0) is 17.0. The second-order valence-electron chi connectivity index (χ2n) is 5.16. The number of imide groups is 1. The zero-order valence-corrected chi connectivity index (χ0v) is 13.4. The fourth-order valence-corrected chi connectivity index (χ4v) is 2.44. The summed E-state index contributed by atoms with van der Waals surface area (Å²) in [5.41, 5.74) is 0.485. The van der Waals surface area contributed by atoms with Gasteiger partial charge in [0, 0.05) is 0 Å². The van der Waals surface area contributed by atoms with Gasteiger partial charge in [0.2, 0.25) is 5.91 Å². The highest BCUT2D eigenvalue weighted by Gasteiger charge is 2.40. The lowest BCUT2D eigenvalue weighted by Gasteiger charge is -2.18. The quantitative estimate of drug-likeness (QED) is 0.618. The number of hydrogen-bond donors (Lipinski definition) is 1. The first-order valence-electron chi connectivity index (χ1n) is 7.41. The van der Waals surface area contributed by atoms with E-state index in [1.54, 1.807) is 31.2 Å². The Morgan fingerprint density at radius 1 is 1.35 bits per heavy atom. The number of anilines is 1. The van der Waals surface area contributed by atoms with Crippen LogP contribution in [0.3, 0.4) is 0 Å². The minimum Gasteiger partial charge on any atom is -0.494 e. The maximum absolute atomic E-state index is 12.4. The van der Waals surface area contributed by atoms with Crippen LogP contribution in [0.15, 0.2) is 24.3 Å². The molecule has 1 saturated heterocycles. The largest absolute Gasteiger partial charge is 0.494 e. The first-order valence-corrected chi connectivity index (χ1v) is 7.41. The number of nitrogens with one attached hydrogen (secondary N) is 1. The second-order valence-corrected chi connectivity index (χ2v) is 5.16. The summed E-state index contributed by atoms with van der Waals surface area (Å²) in [7, 11) is 1.27. The molecule has 23 heavy (non-hydrogen) atoms. The van der Waals surface area contributed by atoms with E-state index in [9.17, 15) is 14.4 Å². The molecule has 2 rings (SSSR count). The van der Waals surface area contributed by atoms with Crippen LogP contribution in [0.1, 0.15) is 20.3 Å². The summed E-state index contributed by atoms with van der Waals surface area (Å²) in [5, 5.41) is 2.83. The summed E-state index contributed by atoms with van der Waals surface area (Å²) < 4.78 is 9.94. The van der Waals surface area contributed by atoms with Gasteiger partial charge in [-0.2, -0.15) is 0 Å². The van der Waals surface area contributed by atoms with Gasteiger partial charge in [0.05, 0.1) is 31.9 Å². The number of nitrogens with zero attached hydrogens (tertiary/aromatic N) is 1. The average Bonchev–Trinajstić information content (AvgIpc) is 2.82. The molecule has 1 aromatic carbocycles. The molecule has 1 aliphatic heterocycles. The summed E-state index contributed by atoms with van der Waals surface area (Å²) in [6.07, 6.45) is 0.00732. The molecule has 0 aromatic heterocycles. The van der Waals surface area contributed by atoms with Crippen LogP contribution in [0, 0.1) is 0 Å². The van der Waals surface area contributed by atoms with Crippen LogP contribution in [0.4, 0.5) is 5.69 Å². The number of esters is 1. The average molecular weight is 320 g/mol. The smallest absolute Gasteiger partial charge is 0.322 e. The van der Waals surface area contributed by atoms with Crippen molar-refractivity contribution in [1.29, 1.82) is 0 Å². The third kappa shape index (κ3) is 3.68. The van der Waals surface area contributed by atoms with Crippen molar-refractivity contribution in [3.8, 4) is 5.75 Å². The molecule has 0 radical (unpaired) electrons. The number of carbonyl (C=O) groups is 3. The topological polar surface area (TPSA) is 84.9 Å². The highest BCUT2D eigenvalue weighted by atomic mass is 16.5. The lowest BCUT2D eigenvalue weighted by molar-refractivity contribution is -0.143. The summed E-state index contributed by atoms with van der Waals surface area (Å²) in [6, 6.07) is 5.33. The van der Waals surface area contributed by atoms with Gasteiger partial charge < -0.3 is 9.47 Å². The molecule has 2 amide bonds. The number of benzene rings is 1. The first kappa shape index (κ1) is 17.0. The fraction of sp³-hybridized carbons (Fsp3) is 0.438. The molecule has 0 spiro atoms. The molecule has 7 nitrogen and oxygen atoms in total. The van der Waals surface area contributed by atoms with E-state index >= 15 is 0 Å². The van der Waals surface area contributed by atoms with E-state index in [0.717, 1.165) is 4.90 Å². The number of carbonyl (C=O) groups excluding carboxylic acids is 3. The third-order valence-electron chi connectivity index (χ3n) is 3.56. The summed E-state index contributed by atoms with van der Waals surface area (Å²) >= 11 is 0. The molecule has 2 atom stereocenters. The van der Waals surface area contributed by atoms with E-state index in [-0.39, 0.29) is 18.2 Å². The van der Waals surface area contributed by atoms with E-state index in [0.29, 0.717) is 18.0 Å². The van der Waals surface area contributed by atoms with Gasteiger partial charge in [-0.3, -0.25) is 19.7 Å². The lowest BCUT2D eigenvalue weighted by atomic mass is 10.2. The standard InChI is InChI=1S/C16H20N2O5/c1-4-23-12-7-5-11(6-8-12)18-14(19)9-13(15(18)20)17-10(2)16(21)22-3/h5-8,10,13,17H,4,9H2,1-3H3/t10-,13+/m1/s1. The Morgan fingerprint density at radius 3 is 2.57 bits per heavy atom. The predicted molar refractivity (Wildman–Crippen MR) is 83.1 cm³/mol. The van der Waals surface area contributed by atoms with Gasteiger partial charge in [0.1, 0.15) is 11.8 Å². The van der Waals surface area contributed by atoms with Gasteiger partial charge in [-0.15, -0.1) is 0 Å². The van der Waals surface area contributed by atoms with Crippen molar-refractivity contribution in [1.82, 2.24) is 5.32 Å².